The van der Waals surface area contributed by atoms with Crippen LogP contribution in [0.1, 0.15) is 45.2 Å². The summed E-state index contributed by atoms with van der Waals surface area (Å²) in [5, 5.41) is 5.52. The molecule has 2 N–H and O–H groups in total. The zero-order chi connectivity index (χ0) is 19.3. The summed E-state index contributed by atoms with van der Waals surface area (Å²) in [5.74, 6) is -1.16. The summed E-state index contributed by atoms with van der Waals surface area (Å²) in [6, 6.07) is 8.48. The van der Waals surface area contributed by atoms with Gasteiger partial charge in [0.2, 0.25) is 0 Å². The van der Waals surface area contributed by atoms with Gasteiger partial charge in [0.25, 0.3) is 0 Å². The average Bonchev–Trinajstić information content (AvgIpc) is 3.08. The molecule has 1 saturated heterocycles. The number of carbonyl (C=O) groups excluding carboxylic acids is 2. The van der Waals surface area contributed by atoms with Crippen molar-refractivity contribution in [3.63, 3.8) is 0 Å². The third-order valence-electron chi connectivity index (χ3n) is 4.53. The first-order valence-electron chi connectivity index (χ1n) is 9.29. The Morgan fingerprint density at radius 1 is 1.08 bits per heavy atom. The van der Waals surface area contributed by atoms with Gasteiger partial charge in [0, 0.05) is 31.9 Å². The van der Waals surface area contributed by atoms with E-state index in [0.717, 1.165) is 24.3 Å². The van der Waals surface area contributed by atoms with Crippen LogP contribution in [0.3, 0.4) is 0 Å². The molecule has 0 spiro atoms. The Morgan fingerprint density at radius 2 is 1.65 bits per heavy atom. The molecule has 0 unspecified atom stereocenters. The van der Waals surface area contributed by atoms with Gasteiger partial charge in [0.05, 0.1) is 6.04 Å². The van der Waals surface area contributed by atoms with Crippen molar-refractivity contribution in [1.29, 1.82) is 0 Å². The third-order valence-corrected chi connectivity index (χ3v) is 4.53. The molecule has 1 aliphatic heterocycles. The average molecular weight is 361 g/mol. The van der Waals surface area contributed by atoms with E-state index in [1.165, 1.54) is 12.8 Å². The molecule has 6 heteroatoms. The van der Waals surface area contributed by atoms with Crippen molar-refractivity contribution in [3.05, 3.63) is 29.8 Å². The number of amides is 2. The van der Waals surface area contributed by atoms with E-state index in [1.54, 1.807) is 0 Å². The van der Waals surface area contributed by atoms with Crippen LogP contribution in [0.5, 0.6) is 0 Å². The topological polar surface area (TPSA) is 64.7 Å². The van der Waals surface area contributed by atoms with Crippen molar-refractivity contribution in [1.82, 2.24) is 15.5 Å². The number of benzene rings is 1. The fraction of sp³-hybridized carbons (Fsp3) is 0.600. The number of hydrogen-bond donors (Lipinski definition) is 2. The van der Waals surface area contributed by atoms with E-state index in [4.69, 9.17) is 0 Å². The largest absolute Gasteiger partial charge is 0.378 e. The molecule has 144 valence electrons. The highest BCUT2D eigenvalue weighted by molar-refractivity contribution is 6.35. The number of nitrogens with one attached hydrogen (secondary N) is 2. The molecular formula is C20H32N4O2. The molecule has 1 aromatic rings. The maximum atomic E-state index is 12.2. The SMILES string of the molecule is CN(C)c1ccc([C@H](CNC(=O)C(=O)NC(C)(C)C)N2CCCC2)cc1. The van der Waals surface area contributed by atoms with E-state index in [-0.39, 0.29) is 6.04 Å². The maximum Gasteiger partial charge on any atom is 0.309 e. The van der Waals surface area contributed by atoms with Crippen LogP contribution in [-0.4, -0.2) is 56.0 Å². The van der Waals surface area contributed by atoms with Gasteiger partial charge in [-0.1, -0.05) is 12.1 Å². The Hall–Kier alpha value is -2.08. The standard InChI is InChI=1S/C20H32N4O2/c1-20(2,3)22-19(26)18(25)21-14-17(24-12-6-7-13-24)15-8-10-16(11-9-15)23(4)5/h8-11,17H,6-7,12-14H2,1-5H3,(H,21,25)(H,22,26)/t17-/m0/s1. The van der Waals surface area contributed by atoms with Gasteiger partial charge < -0.3 is 15.5 Å². The molecule has 1 atom stereocenters. The monoisotopic (exact) mass is 360 g/mol. The molecule has 0 bridgehead atoms. The number of carbonyl (C=O) groups is 2. The van der Waals surface area contributed by atoms with Crippen molar-refractivity contribution in [3.8, 4) is 0 Å². The number of anilines is 1. The van der Waals surface area contributed by atoms with Gasteiger partial charge in [0.1, 0.15) is 0 Å². The summed E-state index contributed by atoms with van der Waals surface area (Å²) in [5.41, 5.74) is 1.88. The highest BCUT2D eigenvalue weighted by Crippen LogP contribution is 2.26. The minimum Gasteiger partial charge on any atom is -0.378 e. The van der Waals surface area contributed by atoms with Gasteiger partial charge in [-0.25, -0.2) is 0 Å². The third kappa shape index (κ3) is 5.73. The Balaban J connectivity index is 2.06. The Bertz CT molecular complexity index is 614. The molecule has 6 nitrogen and oxygen atoms in total. The minimum atomic E-state index is -0.583. The lowest BCUT2D eigenvalue weighted by Gasteiger charge is -2.29. The number of hydrogen-bond acceptors (Lipinski definition) is 4. The van der Waals surface area contributed by atoms with Crippen LogP contribution < -0.4 is 15.5 Å². The molecule has 0 aromatic heterocycles. The smallest absolute Gasteiger partial charge is 0.309 e. The Kier molecular flexibility index (Phi) is 6.64. The molecule has 0 radical (unpaired) electrons. The molecular weight excluding hydrogens is 328 g/mol. The summed E-state index contributed by atoms with van der Waals surface area (Å²) < 4.78 is 0. The van der Waals surface area contributed by atoms with Gasteiger partial charge in [-0.05, 0) is 64.4 Å². The zero-order valence-corrected chi connectivity index (χ0v) is 16.6. The van der Waals surface area contributed by atoms with Crippen molar-refractivity contribution >= 4 is 17.5 Å². The normalized spacial score (nSPS) is 16.2. The first-order valence-corrected chi connectivity index (χ1v) is 9.29. The molecule has 0 saturated carbocycles. The first-order chi connectivity index (χ1) is 12.2. The maximum absolute atomic E-state index is 12.2. The van der Waals surface area contributed by atoms with Crippen molar-refractivity contribution in [2.75, 3.05) is 38.6 Å². The molecule has 1 aliphatic rings. The quantitative estimate of drug-likeness (QED) is 0.788. The summed E-state index contributed by atoms with van der Waals surface area (Å²) in [6.07, 6.45) is 2.34. The first kappa shape index (κ1) is 20.2. The fourth-order valence-corrected chi connectivity index (χ4v) is 3.17. The van der Waals surface area contributed by atoms with E-state index in [9.17, 15) is 9.59 Å². The molecule has 26 heavy (non-hydrogen) atoms. The van der Waals surface area contributed by atoms with Crippen LogP contribution in [0.15, 0.2) is 24.3 Å². The van der Waals surface area contributed by atoms with Crippen molar-refractivity contribution < 1.29 is 9.59 Å². The van der Waals surface area contributed by atoms with E-state index in [1.807, 2.05) is 34.9 Å². The van der Waals surface area contributed by atoms with Crippen molar-refractivity contribution in [2.45, 2.75) is 45.2 Å². The van der Waals surface area contributed by atoms with Gasteiger partial charge in [-0.3, -0.25) is 14.5 Å². The summed E-state index contributed by atoms with van der Waals surface area (Å²) >= 11 is 0. The van der Waals surface area contributed by atoms with Crippen LogP contribution in [-0.2, 0) is 9.59 Å². The lowest BCUT2D eigenvalue weighted by atomic mass is 10.0. The highest BCUT2D eigenvalue weighted by atomic mass is 16.2. The number of rotatable bonds is 5. The van der Waals surface area contributed by atoms with E-state index >= 15 is 0 Å². The molecule has 2 rings (SSSR count). The van der Waals surface area contributed by atoms with Crippen LogP contribution in [0.25, 0.3) is 0 Å². The number of likely N-dealkylation sites (tertiary alicyclic amines) is 1. The van der Waals surface area contributed by atoms with Gasteiger partial charge in [-0.2, -0.15) is 0 Å². The van der Waals surface area contributed by atoms with Crippen LogP contribution in [0, 0.1) is 0 Å². The second-order valence-corrected chi connectivity index (χ2v) is 8.16. The summed E-state index contributed by atoms with van der Waals surface area (Å²) in [6.45, 7) is 8.04. The van der Waals surface area contributed by atoms with Crippen LogP contribution in [0.4, 0.5) is 5.69 Å². The van der Waals surface area contributed by atoms with Gasteiger partial charge in [0.15, 0.2) is 0 Å². The molecule has 1 heterocycles. The molecule has 2 amide bonds. The minimum absolute atomic E-state index is 0.0834. The second kappa shape index (κ2) is 8.54. The zero-order valence-electron chi connectivity index (χ0n) is 16.6. The predicted octanol–water partition coefficient (Wildman–Crippen LogP) is 1.92. The Morgan fingerprint density at radius 3 is 2.15 bits per heavy atom. The van der Waals surface area contributed by atoms with E-state index < -0.39 is 17.4 Å². The van der Waals surface area contributed by atoms with E-state index in [2.05, 4.69) is 44.7 Å². The summed E-state index contributed by atoms with van der Waals surface area (Å²) in [7, 11) is 4.03. The lowest BCUT2D eigenvalue weighted by Crippen LogP contribution is -2.49. The van der Waals surface area contributed by atoms with Gasteiger partial charge >= 0.3 is 11.8 Å². The fourth-order valence-electron chi connectivity index (χ4n) is 3.17. The number of nitrogens with zero attached hydrogens (tertiary/aromatic N) is 2. The molecule has 0 aliphatic carbocycles. The predicted molar refractivity (Wildman–Crippen MR) is 105 cm³/mol. The Labute approximate surface area is 156 Å². The van der Waals surface area contributed by atoms with Crippen LogP contribution >= 0.6 is 0 Å². The van der Waals surface area contributed by atoms with E-state index in [0.29, 0.717) is 6.54 Å². The van der Waals surface area contributed by atoms with Gasteiger partial charge in [-0.15, -0.1) is 0 Å². The molecule has 1 fully saturated rings. The molecule has 1 aromatic carbocycles. The highest BCUT2D eigenvalue weighted by Gasteiger charge is 2.26. The summed E-state index contributed by atoms with van der Waals surface area (Å²) in [4.78, 5) is 28.6. The second-order valence-electron chi connectivity index (χ2n) is 8.16. The van der Waals surface area contributed by atoms with Crippen molar-refractivity contribution in [2.24, 2.45) is 0 Å². The van der Waals surface area contributed by atoms with Crippen LogP contribution in [0.2, 0.25) is 0 Å². The lowest BCUT2D eigenvalue weighted by molar-refractivity contribution is -0.140.